The molecule has 0 bridgehead atoms. The van der Waals surface area contributed by atoms with Crippen LogP contribution < -0.4 is 59.5 Å². The number of alkyl halides is 6. The number of carbonyl (C=O) groups is 7. The van der Waals surface area contributed by atoms with Gasteiger partial charge in [0.15, 0.2) is 57.1 Å². The molecule has 0 saturated carbocycles. The number of aromatic amines is 1. The van der Waals surface area contributed by atoms with E-state index < -0.39 is 81.1 Å². The van der Waals surface area contributed by atoms with Gasteiger partial charge in [-0.2, -0.15) is 26.3 Å². The molecule has 36 heteroatoms. The first-order valence-corrected chi connectivity index (χ1v) is 37.3. The molecule has 4 heterocycles. The number of hydrogen-bond donors (Lipinski definition) is 3. The number of aromatic nitrogens is 3. The van der Waals surface area contributed by atoms with E-state index in [0.29, 0.717) is 98.7 Å². The zero-order valence-corrected chi connectivity index (χ0v) is 68.7. The molecule has 30 nitrogen and oxygen atoms in total. The maximum absolute atomic E-state index is 13.4. The third-order valence-corrected chi connectivity index (χ3v) is 17.5. The summed E-state index contributed by atoms with van der Waals surface area (Å²) in [6.45, 7) is 12.7. The number of nitrogens with zero attached hydrogens (tertiary/aromatic N) is 3. The second kappa shape index (κ2) is 45.9. The number of halogens is 6. The Kier molecular flexibility index (Phi) is 36.4. The number of aromatic carboxylic acids is 1. The summed E-state index contributed by atoms with van der Waals surface area (Å²) in [4.78, 5) is 125. The summed E-state index contributed by atoms with van der Waals surface area (Å²) in [5.74, 6) is -2.05. The van der Waals surface area contributed by atoms with Crippen LogP contribution in [0, 0.1) is 0 Å². The number of H-pyrrole nitrogens is 1. The normalized spacial score (nSPS) is 11.4. The van der Waals surface area contributed by atoms with Crippen molar-refractivity contribution in [1.82, 2.24) is 19.0 Å². The number of carboxylic acid groups (broad SMARTS) is 1. The molecule has 1 aliphatic heterocycles. The zero-order chi connectivity index (χ0) is 89.4. The summed E-state index contributed by atoms with van der Waals surface area (Å²) < 4.78 is 151. The van der Waals surface area contributed by atoms with Crippen LogP contribution in [0.5, 0.6) is 46.0 Å². The van der Waals surface area contributed by atoms with Crippen molar-refractivity contribution in [3.8, 4) is 46.0 Å². The number of pyridine rings is 3. The molecule has 0 spiro atoms. The number of carboxylic acids is 1. The summed E-state index contributed by atoms with van der Waals surface area (Å²) in [5, 5.41) is 12.9. The third kappa shape index (κ3) is 25.7. The molecule has 1 fully saturated rings. The van der Waals surface area contributed by atoms with Crippen molar-refractivity contribution in [3.05, 3.63) is 215 Å². The van der Waals surface area contributed by atoms with Gasteiger partial charge in [-0.1, -0.05) is 24.3 Å². The van der Waals surface area contributed by atoms with Crippen molar-refractivity contribution in [2.45, 2.75) is 86.2 Å². The molecule has 1 amide bonds. The molecule has 121 heavy (non-hydrogen) atoms. The summed E-state index contributed by atoms with van der Waals surface area (Å²) in [5.41, 5.74) is -0.883. The van der Waals surface area contributed by atoms with Gasteiger partial charge < -0.3 is 95.8 Å². The van der Waals surface area contributed by atoms with Gasteiger partial charge >= 0.3 is 48.2 Å². The van der Waals surface area contributed by atoms with Crippen LogP contribution in [-0.4, -0.2) is 175 Å². The molecule has 1 saturated heterocycles. The molecule has 9 aromatic rings. The molecule has 0 aliphatic carbocycles. The molecule has 0 unspecified atom stereocenters. The monoisotopic (exact) mass is 1700 g/mol. The van der Waals surface area contributed by atoms with Crippen molar-refractivity contribution in [2.75, 3.05) is 115 Å². The van der Waals surface area contributed by atoms with E-state index in [0.717, 1.165) is 56.0 Å². The predicted octanol–water partition coefficient (Wildman–Crippen LogP) is 13.4. The Balaban J connectivity index is 0.000000241. The highest BCUT2D eigenvalue weighted by atomic mass is 19.4. The van der Waals surface area contributed by atoms with Crippen molar-refractivity contribution in [3.63, 3.8) is 0 Å². The number of rotatable bonds is 28. The highest BCUT2D eigenvalue weighted by Crippen LogP contribution is 2.37. The van der Waals surface area contributed by atoms with Crippen molar-refractivity contribution < 1.29 is 131 Å². The number of piperidine rings is 1. The second-order valence-corrected chi connectivity index (χ2v) is 25.1. The molecule has 3 aromatic heterocycles. The van der Waals surface area contributed by atoms with Gasteiger partial charge in [-0.05, 0) is 127 Å². The van der Waals surface area contributed by atoms with E-state index in [1.807, 2.05) is 0 Å². The second-order valence-electron chi connectivity index (χ2n) is 25.1. The molecular formula is C85H93F6N5O25. The Morgan fingerprint density at radius 1 is 0.438 bits per heavy atom. The number of hydrogen-bond acceptors (Lipinski definition) is 25. The van der Waals surface area contributed by atoms with Gasteiger partial charge in [0.25, 0.3) is 5.91 Å². The topological polar surface area (TPSA) is 361 Å². The first kappa shape index (κ1) is 96.1. The van der Waals surface area contributed by atoms with Gasteiger partial charge in [0.2, 0.25) is 16.3 Å². The Morgan fingerprint density at radius 3 is 1.22 bits per heavy atom. The number of benzene rings is 6. The molecule has 0 atom stereocenters. The van der Waals surface area contributed by atoms with Crippen LogP contribution in [0.2, 0.25) is 0 Å². The van der Waals surface area contributed by atoms with Gasteiger partial charge in [-0.3, -0.25) is 19.2 Å². The minimum atomic E-state index is -4.46. The average molecular weight is 1700 g/mol. The Labute approximate surface area is 689 Å². The van der Waals surface area contributed by atoms with Gasteiger partial charge in [-0.15, -0.1) is 0 Å². The largest absolute Gasteiger partial charge is 0.500 e. The minimum absolute atomic E-state index is 0.0218. The number of ether oxygens (including phenoxy) is 14. The number of amides is 1. The van der Waals surface area contributed by atoms with Gasteiger partial charge in [0, 0.05) is 80.9 Å². The van der Waals surface area contributed by atoms with Crippen LogP contribution in [0.15, 0.2) is 160 Å². The number of likely N-dealkylation sites (tertiary alicyclic amines) is 1. The Bertz CT molecular complexity index is 5340. The standard InChI is InChI=1S/C25H25F3N2O4.C20H16F3NO5.C16H21NO6.C14H15NO5.C10H16O5/c1-33-21-12-18-20(13-22(21)34-2)30(14-16-6-8-17(9-7-16)25(26,27)28)15-19(23(18)31)24(32)29-10-4-3-5-11-29;1-28-16-7-13-15(8-17(16)29-2)24(10-14(18(13)25)19(26)27)9-11-3-5-12(6-4-11)20(21,22)23;1-5-22-15(18)12(16(19)23-6-2)10-17-11-7-8-13(20-3)14(9-11)21-4;1-4-20-14(17)9-7-15-10-6-12(19-3)11(18-2)5-8(10)13(9)16;1-4-13-7-8(9(11)14-5-2)10(12)15-6-3/h6-9,12-13,15H,3-5,10-11,14H2,1-2H3;3-8,10H,9H2,1-2H3,(H,26,27);7-10,17H,5-6H2,1-4H3;5-7H,4H2,1-3H3,(H,15,16);7H,4-6H2,1-3H3. The highest BCUT2D eigenvalue weighted by Gasteiger charge is 2.32. The number of methoxy groups -OCH3 is 8. The SMILES string of the molecule is CCOC(=O)C(=CNc1ccc(OC)c(OC)c1)C(=O)OCC.CCOC(=O)c1c[nH]c2cc(OC)c(OC)cc2c1=O.CCOC=C(C(=O)OCC)C(=O)OCC.COc1cc2c(=O)c(C(=O)N3CCCCC3)cn(Cc3ccc(C(F)(F)F)cc3)c2cc1OC.COc1cc2c(=O)c(C(=O)O)cn(Cc3ccc(C(F)(F)F)cc3)c2cc1OC. The number of esters is 5. The zero-order valence-electron chi connectivity index (χ0n) is 68.7. The number of anilines is 1. The van der Waals surface area contributed by atoms with E-state index in [4.69, 9.17) is 56.8 Å². The minimum Gasteiger partial charge on any atom is -0.500 e. The lowest BCUT2D eigenvalue weighted by atomic mass is 10.1. The molecular weight excluding hydrogens is 1600 g/mol. The molecule has 650 valence electrons. The number of fused-ring (bicyclic) bond motifs is 3. The lowest BCUT2D eigenvalue weighted by Gasteiger charge is -2.27. The maximum Gasteiger partial charge on any atom is 0.416 e. The molecule has 0 radical (unpaired) electrons. The van der Waals surface area contributed by atoms with E-state index in [-0.39, 0.29) is 90.8 Å². The first-order valence-electron chi connectivity index (χ1n) is 37.3. The third-order valence-electron chi connectivity index (χ3n) is 17.5. The van der Waals surface area contributed by atoms with Gasteiger partial charge in [0.1, 0.15) is 23.0 Å². The van der Waals surface area contributed by atoms with Crippen LogP contribution in [0.3, 0.4) is 0 Å². The molecule has 6 aromatic carbocycles. The van der Waals surface area contributed by atoms with Crippen LogP contribution in [-0.2, 0) is 73.0 Å². The van der Waals surface area contributed by atoms with Gasteiger partial charge in [-0.25, -0.2) is 28.8 Å². The smallest absolute Gasteiger partial charge is 0.416 e. The number of nitrogens with one attached hydrogen (secondary N) is 2. The Hall–Kier alpha value is -13.7. The number of carbonyl (C=O) groups excluding carboxylic acids is 6. The fraction of sp³-hybridized carbons (Fsp3) is 0.341. The summed E-state index contributed by atoms with van der Waals surface area (Å²) >= 11 is 0. The van der Waals surface area contributed by atoms with E-state index >= 15 is 0 Å². The Morgan fingerprint density at radius 2 is 0.818 bits per heavy atom. The highest BCUT2D eigenvalue weighted by molar-refractivity contribution is 6.14. The molecule has 1 aliphatic rings. The summed E-state index contributed by atoms with van der Waals surface area (Å²) in [7, 11) is 11.7. The quantitative estimate of drug-likeness (QED) is 0.00780. The van der Waals surface area contributed by atoms with Crippen molar-refractivity contribution >= 4 is 80.1 Å². The van der Waals surface area contributed by atoms with Crippen molar-refractivity contribution in [2.24, 2.45) is 0 Å². The fourth-order valence-electron chi connectivity index (χ4n) is 11.6. The van der Waals surface area contributed by atoms with E-state index in [9.17, 15) is 79.4 Å². The predicted molar refractivity (Wildman–Crippen MR) is 432 cm³/mol. The van der Waals surface area contributed by atoms with Gasteiger partial charge in [0.05, 0.1) is 140 Å². The van der Waals surface area contributed by atoms with Crippen molar-refractivity contribution in [1.29, 1.82) is 0 Å². The maximum atomic E-state index is 13.4. The van der Waals surface area contributed by atoms with Crippen LogP contribution in [0.1, 0.15) is 114 Å². The van der Waals surface area contributed by atoms with E-state index in [1.54, 1.807) is 81.3 Å². The van der Waals surface area contributed by atoms with Crippen LogP contribution in [0.25, 0.3) is 32.7 Å². The summed E-state index contributed by atoms with van der Waals surface area (Å²) in [6.07, 6.45) is 0.220. The van der Waals surface area contributed by atoms with E-state index in [1.165, 1.54) is 129 Å². The lowest BCUT2D eigenvalue weighted by Crippen LogP contribution is -2.38. The molecule has 10 rings (SSSR count). The first-order chi connectivity index (χ1) is 57.7. The summed E-state index contributed by atoms with van der Waals surface area (Å²) in [6, 6.07) is 23.6. The van der Waals surface area contributed by atoms with Crippen LogP contribution in [0.4, 0.5) is 32.0 Å². The lowest BCUT2D eigenvalue weighted by molar-refractivity contribution is -0.148. The average Bonchev–Trinajstić information content (AvgIpc) is 0.767. The van der Waals surface area contributed by atoms with E-state index in [2.05, 4.69) is 19.8 Å². The van der Waals surface area contributed by atoms with Crippen LogP contribution >= 0.6 is 0 Å². The molecule has 3 N–H and O–H groups in total. The fourth-order valence-corrected chi connectivity index (χ4v) is 11.6.